The van der Waals surface area contributed by atoms with Gasteiger partial charge in [0.15, 0.2) is 0 Å². The van der Waals surface area contributed by atoms with Gasteiger partial charge in [-0.05, 0) is 69.2 Å². The lowest BCUT2D eigenvalue weighted by molar-refractivity contribution is -0.116. The van der Waals surface area contributed by atoms with Gasteiger partial charge in [0.1, 0.15) is 0 Å². The topological polar surface area (TPSA) is 84.2 Å². The molecule has 0 heterocycles. The summed E-state index contributed by atoms with van der Waals surface area (Å²) in [4.78, 5) is 24.1. The molecule has 0 spiro atoms. The second kappa shape index (κ2) is 7.83. The molecule has 2 amide bonds. The van der Waals surface area contributed by atoms with Gasteiger partial charge in [0.25, 0.3) is 5.91 Å². The van der Waals surface area contributed by atoms with Crippen LogP contribution >= 0.6 is 0 Å². The molecule has 0 aromatic heterocycles. The van der Waals surface area contributed by atoms with E-state index in [0.29, 0.717) is 29.8 Å². The predicted octanol–water partition coefficient (Wildman–Crippen LogP) is 3.37. The molecule has 5 nitrogen and oxygen atoms in total. The van der Waals surface area contributed by atoms with Gasteiger partial charge in [-0.3, -0.25) is 9.59 Å². The molecule has 0 saturated carbocycles. The van der Waals surface area contributed by atoms with Crippen molar-refractivity contribution in [3.05, 3.63) is 59.7 Å². The molecule has 0 aliphatic heterocycles. The quantitative estimate of drug-likeness (QED) is 0.730. The van der Waals surface area contributed by atoms with Gasteiger partial charge in [-0.1, -0.05) is 12.1 Å². The molecule has 2 aromatic rings. The molecule has 0 bridgehead atoms. The van der Waals surface area contributed by atoms with Gasteiger partial charge in [0, 0.05) is 28.9 Å². The number of amides is 2. The summed E-state index contributed by atoms with van der Waals surface area (Å²) in [5, 5.41) is 5.75. The van der Waals surface area contributed by atoms with Gasteiger partial charge in [-0.15, -0.1) is 0 Å². The fraction of sp³-hybridized carbons (Fsp3) is 0.300. The lowest BCUT2D eigenvalue weighted by Crippen LogP contribution is -2.40. The van der Waals surface area contributed by atoms with Crippen molar-refractivity contribution in [2.45, 2.75) is 39.2 Å². The Hall–Kier alpha value is -2.82. The number of carbonyl (C=O) groups is 2. The van der Waals surface area contributed by atoms with Crippen LogP contribution in [-0.2, 0) is 11.2 Å². The highest BCUT2D eigenvalue weighted by molar-refractivity contribution is 5.96. The molecule has 2 aromatic carbocycles. The van der Waals surface area contributed by atoms with E-state index in [9.17, 15) is 9.59 Å². The molecule has 0 atom stereocenters. The molecule has 2 rings (SSSR count). The van der Waals surface area contributed by atoms with Gasteiger partial charge in [0.2, 0.25) is 5.91 Å². The minimum absolute atomic E-state index is 0.0660. The van der Waals surface area contributed by atoms with Crippen molar-refractivity contribution in [1.82, 2.24) is 5.32 Å². The van der Waals surface area contributed by atoms with Crippen LogP contribution < -0.4 is 16.4 Å². The van der Waals surface area contributed by atoms with Gasteiger partial charge in [-0.2, -0.15) is 0 Å². The van der Waals surface area contributed by atoms with E-state index >= 15 is 0 Å². The third kappa shape index (κ3) is 6.30. The number of anilines is 2. The lowest BCUT2D eigenvalue weighted by Gasteiger charge is -2.20. The van der Waals surface area contributed by atoms with Gasteiger partial charge < -0.3 is 16.4 Å². The second-order valence-electron chi connectivity index (χ2n) is 7.07. The first kappa shape index (κ1) is 18.5. The summed E-state index contributed by atoms with van der Waals surface area (Å²) in [5.74, 6) is -0.197. The molecule has 25 heavy (non-hydrogen) atoms. The normalized spacial score (nSPS) is 11.0. The van der Waals surface area contributed by atoms with Crippen LogP contribution in [0, 0.1) is 0 Å². The number of hydrogen-bond acceptors (Lipinski definition) is 3. The summed E-state index contributed by atoms with van der Waals surface area (Å²) in [6.07, 6.45) is 1.04. The van der Waals surface area contributed by atoms with Crippen molar-refractivity contribution in [1.29, 1.82) is 0 Å². The number of nitrogens with two attached hydrogens (primary N) is 1. The Labute approximate surface area is 148 Å². The summed E-state index contributed by atoms with van der Waals surface area (Å²) in [6.45, 7) is 5.79. The van der Waals surface area contributed by atoms with Crippen LogP contribution in [0.25, 0.3) is 0 Å². The summed E-state index contributed by atoms with van der Waals surface area (Å²) in [7, 11) is 0. The SMILES string of the molecule is CC(C)(C)NC(=O)c1ccc(NC(=O)CCc2ccc(N)cc2)cc1. The summed E-state index contributed by atoms with van der Waals surface area (Å²) < 4.78 is 0. The Bertz CT molecular complexity index is 729. The zero-order chi connectivity index (χ0) is 18.4. The number of rotatable bonds is 5. The number of nitrogen functional groups attached to an aromatic ring is 1. The van der Waals surface area contributed by atoms with Gasteiger partial charge >= 0.3 is 0 Å². The van der Waals surface area contributed by atoms with E-state index in [2.05, 4.69) is 10.6 Å². The van der Waals surface area contributed by atoms with Crippen molar-refractivity contribution >= 4 is 23.2 Å². The first-order valence-corrected chi connectivity index (χ1v) is 8.30. The highest BCUT2D eigenvalue weighted by Gasteiger charge is 2.15. The van der Waals surface area contributed by atoms with E-state index in [-0.39, 0.29) is 17.4 Å². The van der Waals surface area contributed by atoms with Crippen LogP contribution in [0.15, 0.2) is 48.5 Å². The Morgan fingerprint density at radius 1 is 0.960 bits per heavy atom. The van der Waals surface area contributed by atoms with E-state index in [1.165, 1.54) is 0 Å². The predicted molar refractivity (Wildman–Crippen MR) is 101 cm³/mol. The minimum Gasteiger partial charge on any atom is -0.399 e. The van der Waals surface area contributed by atoms with Crippen molar-refractivity contribution in [2.24, 2.45) is 0 Å². The molecular weight excluding hydrogens is 314 g/mol. The molecule has 0 fully saturated rings. The van der Waals surface area contributed by atoms with Crippen LogP contribution in [0.3, 0.4) is 0 Å². The molecule has 0 radical (unpaired) electrons. The molecular formula is C20H25N3O2. The zero-order valence-electron chi connectivity index (χ0n) is 14.9. The van der Waals surface area contributed by atoms with Crippen LogP contribution in [0.5, 0.6) is 0 Å². The Morgan fingerprint density at radius 2 is 1.56 bits per heavy atom. The molecule has 4 N–H and O–H groups in total. The standard InChI is InChI=1S/C20H25N3O2/c1-20(2,3)23-19(25)15-7-11-17(12-8-15)22-18(24)13-6-14-4-9-16(21)10-5-14/h4-5,7-12H,6,13,21H2,1-3H3,(H,22,24)(H,23,25). The molecule has 0 saturated heterocycles. The fourth-order valence-electron chi connectivity index (χ4n) is 2.28. The average Bonchev–Trinajstić information content (AvgIpc) is 2.53. The number of aryl methyl sites for hydroxylation is 1. The Kier molecular flexibility index (Phi) is 5.80. The maximum atomic E-state index is 12.1. The monoisotopic (exact) mass is 339 g/mol. The highest BCUT2D eigenvalue weighted by atomic mass is 16.2. The summed E-state index contributed by atoms with van der Waals surface area (Å²) in [5.41, 5.74) is 8.38. The van der Waals surface area contributed by atoms with Crippen LogP contribution in [0.4, 0.5) is 11.4 Å². The number of hydrogen-bond donors (Lipinski definition) is 3. The average molecular weight is 339 g/mol. The Morgan fingerprint density at radius 3 is 2.12 bits per heavy atom. The van der Waals surface area contributed by atoms with E-state index in [4.69, 9.17) is 5.73 Å². The first-order chi connectivity index (χ1) is 11.7. The van der Waals surface area contributed by atoms with Gasteiger partial charge in [0.05, 0.1) is 0 Å². The van der Waals surface area contributed by atoms with Crippen molar-refractivity contribution in [2.75, 3.05) is 11.1 Å². The van der Waals surface area contributed by atoms with Crippen LogP contribution in [0.1, 0.15) is 43.1 Å². The van der Waals surface area contributed by atoms with Crippen LogP contribution in [-0.4, -0.2) is 17.4 Å². The molecule has 0 aliphatic carbocycles. The van der Waals surface area contributed by atoms with E-state index < -0.39 is 0 Å². The molecule has 0 aliphatic rings. The number of carbonyl (C=O) groups excluding carboxylic acids is 2. The zero-order valence-corrected chi connectivity index (χ0v) is 14.9. The third-order valence-corrected chi connectivity index (χ3v) is 3.54. The summed E-state index contributed by atoms with van der Waals surface area (Å²) >= 11 is 0. The fourth-order valence-corrected chi connectivity index (χ4v) is 2.28. The smallest absolute Gasteiger partial charge is 0.251 e. The third-order valence-electron chi connectivity index (χ3n) is 3.54. The van der Waals surface area contributed by atoms with Crippen LogP contribution in [0.2, 0.25) is 0 Å². The minimum atomic E-state index is -0.286. The molecule has 5 heteroatoms. The number of benzene rings is 2. The summed E-state index contributed by atoms with van der Waals surface area (Å²) in [6, 6.07) is 14.4. The first-order valence-electron chi connectivity index (χ1n) is 8.30. The lowest BCUT2D eigenvalue weighted by atomic mass is 10.1. The molecule has 0 unspecified atom stereocenters. The largest absolute Gasteiger partial charge is 0.399 e. The van der Waals surface area contributed by atoms with Crippen molar-refractivity contribution < 1.29 is 9.59 Å². The van der Waals surface area contributed by atoms with E-state index in [0.717, 1.165) is 5.56 Å². The second-order valence-corrected chi connectivity index (χ2v) is 7.07. The number of nitrogens with one attached hydrogen (secondary N) is 2. The molecule has 132 valence electrons. The Balaban J connectivity index is 1.86. The van der Waals surface area contributed by atoms with Gasteiger partial charge in [-0.25, -0.2) is 0 Å². The highest BCUT2D eigenvalue weighted by Crippen LogP contribution is 2.13. The maximum Gasteiger partial charge on any atom is 0.251 e. The van der Waals surface area contributed by atoms with Crippen molar-refractivity contribution in [3.63, 3.8) is 0 Å². The van der Waals surface area contributed by atoms with E-state index in [1.54, 1.807) is 24.3 Å². The van der Waals surface area contributed by atoms with Crippen molar-refractivity contribution in [3.8, 4) is 0 Å². The van der Waals surface area contributed by atoms with E-state index in [1.807, 2.05) is 45.0 Å². The maximum absolute atomic E-state index is 12.1.